The molecule has 21 heavy (non-hydrogen) atoms. The van der Waals surface area contributed by atoms with Crippen LogP contribution in [0.2, 0.25) is 0 Å². The van der Waals surface area contributed by atoms with Gasteiger partial charge in [-0.25, -0.2) is 9.97 Å². The van der Waals surface area contributed by atoms with Crippen LogP contribution >= 0.6 is 24.0 Å². The number of imidazole rings is 1. The molecule has 0 aliphatic carbocycles. The van der Waals surface area contributed by atoms with E-state index in [0.29, 0.717) is 6.04 Å². The Morgan fingerprint density at radius 1 is 1.38 bits per heavy atom. The van der Waals surface area contributed by atoms with Gasteiger partial charge in [0.15, 0.2) is 5.96 Å². The fourth-order valence-electron chi connectivity index (χ4n) is 2.13. The smallest absolute Gasteiger partial charge is 0.191 e. The van der Waals surface area contributed by atoms with Crippen LogP contribution in [0.4, 0.5) is 0 Å². The molecular formula is C14H19IN6. The number of aryl methyl sites for hydroxylation is 1. The van der Waals surface area contributed by atoms with Crippen molar-refractivity contribution in [2.45, 2.75) is 26.4 Å². The topological polar surface area (TPSA) is 67.1 Å². The second-order valence-electron chi connectivity index (χ2n) is 4.96. The zero-order valence-corrected chi connectivity index (χ0v) is 14.4. The maximum absolute atomic E-state index is 4.46. The van der Waals surface area contributed by atoms with Gasteiger partial charge >= 0.3 is 0 Å². The molecule has 0 radical (unpaired) electrons. The third kappa shape index (κ3) is 3.72. The number of aliphatic imine (C=N–C) groups is 1. The predicted molar refractivity (Wildman–Crippen MR) is 93.3 cm³/mol. The van der Waals surface area contributed by atoms with Crippen LogP contribution in [0, 0.1) is 6.92 Å². The molecule has 1 aliphatic rings. The highest BCUT2D eigenvalue weighted by Gasteiger charge is 2.11. The van der Waals surface area contributed by atoms with E-state index in [-0.39, 0.29) is 24.0 Å². The fourth-order valence-corrected chi connectivity index (χ4v) is 2.13. The summed E-state index contributed by atoms with van der Waals surface area (Å²) in [7, 11) is 0. The second kappa shape index (κ2) is 6.88. The van der Waals surface area contributed by atoms with Gasteiger partial charge in [-0.2, -0.15) is 0 Å². The molecule has 1 atom stereocenters. The summed E-state index contributed by atoms with van der Waals surface area (Å²) in [6.07, 6.45) is 5.56. The molecule has 0 aromatic carbocycles. The average Bonchev–Trinajstić information content (AvgIpc) is 3.06. The number of hydrogen-bond acceptors (Lipinski definition) is 5. The van der Waals surface area contributed by atoms with E-state index in [1.54, 1.807) is 6.20 Å². The lowest BCUT2D eigenvalue weighted by atomic mass is 10.3. The first kappa shape index (κ1) is 15.7. The maximum atomic E-state index is 4.46. The molecule has 0 saturated heterocycles. The van der Waals surface area contributed by atoms with Gasteiger partial charge in [-0.15, -0.1) is 24.0 Å². The van der Waals surface area contributed by atoms with E-state index in [4.69, 9.17) is 0 Å². The molecule has 0 bridgehead atoms. The van der Waals surface area contributed by atoms with Gasteiger partial charge in [0, 0.05) is 31.2 Å². The highest BCUT2D eigenvalue weighted by molar-refractivity contribution is 14.0. The minimum absolute atomic E-state index is 0. The number of nitrogens with one attached hydrogen (secondary N) is 2. The Morgan fingerprint density at radius 3 is 2.81 bits per heavy atom. The number of aromatic nitrogens is 3. The zero-order valence-electron chi connectivity index (χ0n) is 12.1. The Balaban J connectivity index is 0.00000161. The van der Waals surface area contributed by atoms with Crippen LogP contribution in [0.25, 0.3) is 5.82 Å². The lowest BCUT2D eigenvalue weighted by Gasteiger charge is -2.09. The van der Waals surface area contributed by atoms with Crippen molar-refractivity contribution in [1.29, 1.82) is 0 Å². The van der Waals surface area contributed by atoms with Crippen molar-refractivity contribution >= 4 is 29.9 Å². The van der Waals surface area contributed by atoms with Crippen LogP contribution in [0.3, 0.4) is 0 Å². The van der Waals surface area contributed by atoms with E-state index in [9.17, 15) is 0 Å². The SMILES string of the molecule is Cc1nccn1-c1ccc(CNC2=NCC(C)N2)cn1.I. The van der Waals surface area contributed by atoms with Crippen molar-refractivity contribution in [2.75, 3.05) is 6.54 Å². The van der Waals surface area contributed by atoms with E-state index >= 15 is 0 Å². The summed E-state index contributed by atoms with van der Waals surface area (Å²) in [6.45, 7) is 5.62. The summed E-state index contributed by atoms with van der Waals surface area (Å²) in [6, 6.07) is 4.48. The monoisotopic (exact) mass is 398 g/mol. The van der Waals surface area contributed by atoms with Gasteiger partial charge in [-0.3, -0.25) is 9.56 Å². The first-order valence-corrected chi connectivity index (χ1v) is 6.72. The van der Waals surface area contributed by atoms with Crippen LogP contribution in [0.15, 0.2) is 35.7 Å². The van der Waals surface area contributed by atoms with Gasteiger partial charge in [-0.05, 0) is 25.5 Å². The average molecular weight is 398 g/mol. The lowest BCUT2D eigenvalue weighted by molar-refractivity contribution is 0.713. The summed E-state index contributed by atoms with van der Waals surface area (Å²) in [5.41, 5.74) is 1.12. The molecule has 1 unspecified atom stereocenters. The number of rotatable bonds is 3. The van der Waals surface area contributed by atoms with Crippen molar-refractivity contribution in [3.8, 4) is 5.82 Å². The molecule has 7 heteroatoms. The van der Waals surface area contributed by atoms with Crippen molar-refractivity contribution < 1.29 is 0 Å². The normalized spacial score (nSPS) is 16.9. The first-order chi connectivity index (χ1) is 9.72. The van der Waals surface area contributed by atoms with E-state index in [0.717, 1.165) is 36.3 Å². The van der Waals surface area contributed by atoms with Gasteiger partial charge in [0.1, 0.15) is 11.6 Å². The molecule has 3 rings (SSSR count). The molecule has 3 heterocycles. The molecule has 2 aromatic heterocycles. The first-order valence-electron chi connectivity index (χ1n) is 6.72. The Hall–Kier alpha value is -1.64. The Labute approximate surface area is 141 Å². The molecule has 0 amide bonds. The fraction of sp³-hybridized carbons (Fsp3) is 0.357. The van der Waals surface area contributed by atoms with E-state index in [2.05, 4.69) is 38.6 Å². The number of guanidine groups is 1. The molecular weight excluding hydrogens is 379 g/mol. The van der Waals surface area contributed by atoms with Crippen molar-refractivity contribution in [2.24, 2.45) is 4.99 Å². The van der Waals surface area contributed by atoms with Gasteiger partial charge in [0.05, 0.1) is 6.54 Å². The summed E-state index contributed by atoms with van der Waals surface area (Å²) >= 11 is 0. The summed E-state index contributed by atoms with van der Waals surface area (Å²) < 4.78 is 1.96. The van der Waals surface area contributed by atoms with Gasteiger partial charge in [0.2, 0.25) is 0 Å². The third-order valence-corrected chi connectivity index (χ3v) is 3.25. The summed E-state index contributed by atoms with van der Waals surface area (Å²) in [4.78, 5) is 13.0. The molecule has 1 aliphatic heterocycles. The van der Waals surface area contributed by atoms with Gasteiger partial charge in [0.25, 0.3) is 0 Å². The second-order valence-corrected chi connectivity index (χ2v) is 4.96. The van der Waals surface area contributed by atoms with E-state index in [1.165, 1.54) is 0 Å². The number of nitrogens with zero attached hydrogens (tertiary/aromatic N) is 4. The van der Waals surface area contributed by atoms with Crippen LogP contribution < -0.4 is 10.6 Å². The number of pyridine rings is 1. The Kier molecular flexibility index (Phi) is 5.16. The van der Waals surface area contributed by atoms with Crippen molar-refractivity contribution in [3.05, 3.63) is 42.1 Å². The highest BCUT2D eigenvalue weighted by Crippen LogP contribution is 2.08. The van der Waals surface area contributed by atoms with Crippen LogP contribution in [0.5, 0.6) is 0 Å². The quantitative estimate of drug-likeness (QED) is 0.772. The van der Waals surface area contributed by atoms with Gasteiger partial charge in [-0.1, -0.05) is 6.07 Å². The molecule has 2 aromatic rings. The predicted octanol–water partition coefficient (Wildman–Crippen LogP) is 1.63. The summed E-state index contributed by atoms with van der Waals surface area (Å²) in [5.74, 6) is 2.68. The molecule has 112 valence electrons. The van der Waals surface area contributed by atoms with E-state index < -0.39 is 0 Å². The number of halogens is 1. The summed E-state index contributed by atoms with van der Waals surface area (Å²) in [5, 5.41) is 6.55. The Morgan fingerprint density at radius 2 is 2.24 bits per heavy atom. The third-order valence-electron chi connectivity index (χ3n) is 3.25. The molecule has 0 spiro atoms. The molecule has 2 N–H and O–H groups in total. The molecule has 0 saturated carbocycles. The van der Waals surface area contributed by atoms with Crippen molar-refractivity contribution in [3.63, 3.8) is 0 Å². The minimum atomic E-state index is 0. The molecule has 6 nitrogen and oxygen atoms in total. The lowest BCUT2D eigenvalue weighted by Crippen LogP contribution is -2.37. The van der Waals surface area contributed by atoms with Gasteiger partial charge < -0.3 is 10.6 Å². The zero-order chi connectivity index (χ0) is 13.9. The number of hydrogen-bond donors (Lipinski definition) is 2. The van der Waals surface area contributed by atoms with Crippen LogP contribution in [-0.4, -0.2) is 33.1 Å². The minimum Gasteiger partial charge on any atom is -0.352 e. The largest absolute Gasteiger partial charge is 0.352 e. The van der Waals surface area contributed by atoms with Crippen LogP contribution in [-0.2, 0) is 6.54 Å². The van der Waals surface area contributed by atoms with E-state index in [1.807, 2.05) is 30.0 Å². The van der Waals surface area contributed by atoms with Crippen molar-refractivity contribution in [1.82, 2.24) is 25.2 Å². The highest BCUT2D eigenvalue weighted by atomic mass is 127. The standard InChI is InChI=1S/C14H18N6.HI/c1-10-7-17-14(19-10)18-9-12-3-4-13(16-8-12)20-6-5-15-11(20)2;/h3-6,8,10H,7,9H2,1-2H3,(H2,17,18,19);1H. The molecule has 0 fully saturated rings. The maximum Gasteiger partial charge on any atom is 0.191 e. The van der Waals surface area contributed by atoms with Crippen LogP contribution in [0.1, 0.15) is 18.3 Å². The Bertz CT molecular complexity index is 619.